The maximum Gasteiger partial charge on any atom is 0.416 e. The maximum atomic E-state index is 12.7. The summed E-state index contributed by atoms with van der Waals surface area (Å²) in [6, 6.07) is 12.0. The highest BCUT2D eigenvalue weighted by Gasteiger charge is 2.30. The number of rotatable bonds is 8. The topological polar surface area (TPSA) is 59.4 Å². The third-order valence-electron chi connectivity index (χ3n) is 4.88. The second kappa shape index (κ2) is 8.93. The fourth-order valence-corrected chi connectivity index (χ4v) is 3.81. The quantitative estimate of drug-likeness (QED) is 0.410. The summed E-state index contributed by atoms with van der Waals surface area (Å²) in [7, 11) is 0. The number of benzene rings is 2. The van der Waals surface area contributed by atoms with Crippen molar-refractivity contribution in [2.24, 2.45) is 0 Å². The van der Waals surface area contributed by atoms with Crippen LogP contribution in [0.1, 0.15) is 30.2 Å². The lowest BCUT2D eigenvalue weighted by Gasteiger charge is -2.24. The van der Waals surface area contributed by atoms with E-state index in [0.717, 1.165) is 17.7 Å². The third kappa shape index (κ3) is 5.52. The van der Waals surface area contributed by atoms with Crippen molar-refractivity contribution < 1.29 is 27.8 Å². The molecule has 1 atom stereocenters. The number of carboxylic acids is 1. The van der Waals surface area contributed by atoms with Crippen LogP contribution in [0, 0.1) is 0 Å². The molecule has 2 aromatic carbocycles. The Hall–Kier alpha value is -3.13. The number of hydrogen-bond donors (Lipinski definition) is 1. The van der Waals surface area contributed by atoms with Gasteiger partial charge in [-0.05, 0) is 29.8 Å². The van der Waals surface area contributed by atoms with E-state index in [4.69, 9.17) is 9.84 Å². The van der Waals surface area contributed by atoms with Gasteiger partial charge in [-0.2, -0.15) is 13.2 Å². The minimum atomic E-state index is -4.37. The van der Waals surface area contributed by atoms with Gasteiger partial charge in [-0.15, -0.1) is 17.9 Å². The average molecular weight is 447 g/mol. The SMILES string of the molecule is C=C[C@@](C)(CC(=O)O)c1ccc(OCc2csc(-c3ccc(C(F)(F)F)cc3)n2)cc1. The smallest absolute Gasteiger partial charge is 0.416 e. The third-order valence-corrected chi connectivity index (χ3v) is 5.82. The average Bonchev–Trinajstić information content (AvgIpc) is 3.20. The van der Waals surface area contributed by atoms with E-state index in [9.17, 15) is 18.0 Å². The largest absolute Gasteiger partial charge is 0.487 e. The van der Waals surface area contributed by atoms with Gasteiger partial charge in [-0.3, -0.25) is 4.79 Å². The van der Waals surface area contributed by atoms with Gasteiger partial charge in [0.2, 0.25) is 0 Å². The second-order valence-corrected chi connectivity index (χ2v) is 8.08. The first-order valence-corrected chi connectivity index (χ1v) is 10.2. The first-order valence-electron chi connectivity index (χ1n) is 9.31. The number of alkyl halides is 3. The Morgan fingerprint density at radius 1 is 1.13 bits per heavy atom. The van der Waals surface area contributed by atoms with Gasteiger partial charge in [0, 0.05) is 16.4 Å². The van der Waals surface area contributed by atoms with E-state index < -0.39 is 23.1 Å². The van der Waals surface area contributed by atoms with Gasteiger partial charge in [0.25, 0.3) is 0 Å². The molecule has 0 spiro atoms. The van der Waals surface area contributed by atoms with Crippen molar-refractivity contribution in [1.29, 1.82) is 0 Å². The highest BCUT2D eigenvalue weighted by Crippen LogP contribution is 2.32. The van der Waals surface area contributed by atoms with Crippen LogP contribution in [0.5, 0.6) is 5.75 Å². The van der Waals surface area contributed by atoms with Gasteiger partial charge >= 0.3 is 12.1 Å². The number of hydrogen-bond acceptors (Lipinski definition) is 4. The number of carboxylic acid groups (broad SMARTS) is 1. The molecule has 1 aromatic heterocycles. The summed E-state index contributed by atoms with van der Waals surface area (Å²) in [4.78, 5) is 15.5. The van der Waals surface area contributed by atoms with Crippen LogP contribution >= 0.6 is 11.3 Å². The van der Waals surface area contributed by atoms with Crippen molar-refractivity contribution >= 4 is 17.3 Å². The molecule has 0 radical (unpaired) electrons. The summed E-state index contributed by atoms with van der Waals surface area (Å²) in [5, 5.41) is 11.5. The molecule has 162 valence electrons. The highest BCUT2D eigenvalue weighted by atomic mass is 32.1. The molecule has 0 unspecified atom stereocenters. The fourth-order valence-electron chi connectivity index (χ4n) is 3.00. The first kappa shape index (κ1) is 22.6. The van der Waals surface area contributed by atoms with Gasteiger partial charge in [0.15, 0.2) is 0 Å². The van der Waals surface area contributed by atoms with Crippen molar-refractivity contribution in [3.63, 3.8) is 0 Å². The van der Waals surface area contributed by atoms with E-state index in [0.29, 0.717) is 22.0 Å². The van der Waals surface area contributed by atoms with Crippen LogP contribution in [0.2, 0.25) is 0 Å². The van der Waals surface area contributed by atoms with Crippen LogP contribution in [0.4, 0.5) is 13.2 Å². The Morgan fingerprint density at radius 2 is 1.74 bits per heavy atom. The number of allylic oxidation sites excluding steroid dienone is 1. The zero-order valence-electron chi connectivity index (χ0n) is 16.6. The first-order chi connectivity index (χ1) is 14.6. The van der Waals surface area contributed by atoms with E-state index in [2.05, 4.69) is 11.6 Å². The summed E-state index contributed by atoms with van der Waals surface area (Å²) >= 11 is 1.33. The minimum absolute atomic E-state index is 0.0672. The molecule has 1 heterocycles. The monoisotopic (exact) mass is 447 g/mol. The van der Waals surface area contributed by atoms with Gasteiger partial charge in [-0.25, -0.2) is 4.98 Å². The number of halogens is 3. The predicted molar refractivity (Wildman–Crippen MR) is 113 cm³/mol. The summed E-state index contributed by atoms with van der Waals surface area (Å²) in [6.45, 7) is 5.75. The number of thiazole rings is 1. The molecule has 1 N–H and O–H groups in total. The molecule has 0 aliphatic carbocycles. The lowest BCUT2D eigenvalue weighted by Crippen LogP contribution is -2.22. The van der Waals surface area contributed by atoms with Gasteiger partial charge in [-0.1, -0.05) is 37.3 Å². The Labute approximate surface area is 181 Å². The zero-order chi connectivity index (χ0) is 22.6. The lowest BCUT2D eigenvalue weighted by molar-refractivity contribution is -0.138. The molecule has 3 aromatic rings. The van der Waals surface area contributed by atoms with Crippen LogP contribution in [0.3, 0.4) is 0 Å². The molecule has 0 aliphatic heterocycles. The minimum Gasteiger partial charge on any atom is -0.487 e. The van der Waals surface area contributed by atoms with Crippen LogP contribution in [-0.4, -0.2) is 16.1 Å². The van der Waals surface area contributed by atoms with Crippen LogP contribution in [0.15, 0.2) is 66.6 Å². The van der Waals surface area contributed by atoms with Crippen molar-refractivity contribution in [2.45, 2.75) is 31.5 Å². The van der Waals surface area contributed by atoms with Crippen molar-refractivity contribution in [3.05, 3.63) is 83.4 Å². The summed E-state index contributed by atoms with van der Waals surface area (Å²) < 4.78 is 43.8. The Bertz CT molecular complexity index is 1060. The Kier molecular flexibility index (Phi) is 6.50. The number of aromatic nitrogens is 1. The molecule has 0 bridgehead atoms. The zero-order valence-corrected chi connectivity index (χ0v) is 17.5. The molecule has 0 aliphatic rings. The van der Waals surface area contributed by atoms with Gasteiger partial charge in [0.1, 0.15) is 17.4 Å². The Morgan fingerprint density at radius 3 is 2.29 bits per heavy atom. The fraction of sp³-hybridized carbons (Fsp3) is 0.217. The summed E-state index contributed by atoms with van der Waals surface area (Å²) in [5.41, 5.74) is 0.697. The molecule has 0 fully saturated rings. The van der Waals surface area contributed by atoms with E-state index in [1.54, 1.807) is 35.7 Å². The maximum absolute atomic E-state index is 12.7. The van der Waals surface area contributed by atoms with Crippen molar-refractivity contribution in [3.8, 4) is 16.3 Å². The number of ether oxygens (including phenoxy) is 1. The normalized spacial score (nSPS) is 13.4. The molecule has 0 saturated heterocycles. The lowest BCUT2D eigenvalue weighted by atomic mass is 9.80. The molecular weight excluding hydrogens is 427 g/mol. The molecule has 4 nitrogen and oxygen atoms in total. The van der Waals surface area contributed by atoms with E-state index in [1.807, 2.05) is 6.92 Å². The van der Waals surface area contributed by atoms with Crippen LogP contribution in [0.25, 0.3) is 10.6 Å². The molecular formula is C23H20F3NO3S. The second-order valence-electron chi connectivity index (χ2n) is 7.22. The highest BCUT2D eigenvalue weighted by molar-refractivity contribution is 7.13. The molecule has 0 saturated carbocycles. The van der Waals surface area contributed by atoms with Gasteiger partial charge in [0.05, 0.1) is 17.7 Å². The number of carbonyl (C=O) groups is 1. The standard InChI is InChI=1S/C23H20F3NO3S/c1-3-22(2,12-20(28)29)16-8-10-19(11-9-16)30-13-18-14-31-21(27-18)15-4-6-17(7-5-15)23(24,25)26/h3-11,14H,1,12-13H2,2H3,(H,28,29)/t22-/m0/s1. The number of nitrogens with zero attached hydrogens (tertiary/aromatic N) is 1. The predicted octanol–water partition coefficient (Wildman–Crippen LogP) is 6.33. The molecule has 8 heteroatoms. The van der Waals surface area contributed by atoms with E-state index in [-0.39, 0.29) is 13.0 Å². The van der Waals surface area contributed by atoms with Crippen molar-refractivity contribution in [1.82, 2.24) is 4.98 Å². The number of aliphatic carboxylic acids is 1. The molecule has 0 amide bonds. The van der Waals surface area contributed by atoms with E-state index >= 15 is 0 Å². The van der Waals surface area contributed by atoms with E-state index in [1.165, 1.54) is 23.5 Å². The Balaban J connectivity index is 1.64. The summed E-state index contributed by atoms with van der Waals surface area (Å²) in [6.07, 6.45) is -2.82. The molecule has 31 heavy (non-hydrogen) atoms. The van der Waals surface area contributed by atoms with Gasteiger partial charge < -0.3 is 9.84 Å². The molecule has 3 rings (SSSR count). The summed E-state index contributed by atoms with van der Waals surface area (Å²) in [5.74, 6) is -0.315. The van der Waals surface area contributed by atoms with Crippen LogP contribution in [-0.2, 0) is 23.0 Å². The van der Waals surface area contributed by atoms with Crippen LogP contribution < -0.4 is 4.74 Å². The van der Waals surface area contributed by atoms with Crippen molar-refractivity contribution in [2.75, 3.05) is 0 Å².